The summed E-state index contributed by atoms with van der Waals surface area (Å²) in [5, 5.41) is 11.0. The number of methoxy groups -OCH3 is 2. The summed E-state index contributed by atoms with van der Waals surface area (Å²) in [4.78, 5) is 32.4. The number of aromatic nitrogens is 1. The molecular formula is C28H35N3O7S2. The summed E-state index contributed by atoms with van der Waals surface area (Å²) in [7, 11) is 0.479. The maximum absolute atomic E-state index is 13.7. The maximum Gasteiger partial charge on any atom is 0.254 e. The molecule has 0 radical (unpaired) electrons. The number of hydrogen-bond acceptors (Lipinski definition) is 9. The SMILES string of the molecule is COc1cc(C(=O)N(CCCc2ccccc2)Cc2nc(C(=O)CS(=O)(=O)N(C)CCO)cs2)cc(OC)c1C. The van der Waals surface area contributed by atoms with Gasteiger partial charge in [-0.15, -0.1) is 11.3 Å². The number of Topliss-reactive ketones (excluding diaryl/α,β-unsaturated/α-hetero) is 1. The molecule has 2 aromatic carbocycles. The van der Waals surface area contributed by atoms with Crippen LogP contribution in [0.3, 0.4) is 0 Å². The first kappa shape index (κ1) is 31.2. The topological polar surface area (TPSA) is 126 Å². The summed E-state index contributed by atoms with van der Waals surface area (Å²) in [5.74, 6) is -0.596. The summed E-state index contributed by atoms with van der Waals surface area (Å²) in [5.41, 5.74) is 2.35. The second-order valence-electron chi connectivity index (χ2n) is 9.17. The van der Waals surface area contributed by atoms with Crippen LogP contribution < -0.4 is 9.47 Å². The Balaban J connectivity index is 1.82. The molecule has 3 aromatic rings. The number of aliphatic hydroxyl groups excluding tert-OH is 1. The molecule has 3 rings (SSSR count). The van der Waals surface area contributed by atoms with E-state index in [0.29, 0.717) is 35.0 Å². The van der Waals surface area contributed by atoms with Gasteiger partial charge in [0, 0.05) is 36.6 Å². The van der Waals surface area contributed by atoms with Gasteiger partial charge in [0.1, 0.15) is 28.0 Å². The number of nitrogens with zero attached hydrogens (tertiary/aromatic N) is 3. The van der Waals surface area contributed by atoms with Gasteiger partial charge in [0.05, 0.1) is 27.4 Å². The number of carbonyl (C=O) groups is 2. The number of sulfonamides is 1. The van der Waals surface area contributed by atoms with Crippen LogP contribution in [0, 0.1) is 6.92 Å². The molecule has 40 heavy (non-hydrogen) atoms. The Morgan fingerprint density at radius 1 is 1.05 bits per heavy atom. The van der Waals surface area contributed by atoms with Crippen LogP contribution in [0.25, 0.3) is 0 Å². The second kappa shape index (κ2) is 14.4. The van der Waals surface area contributed by atoms with Gasteiger partial charge in [-0.1, -0.05) is 30.3 Å². The molecule has 0 bridgehead atoms. The molecule has 12 heteroatoms. The standard InChI is InChI=1S/C28H35N3O7S2/c1-20-25(37-3)15-22(16-26(20)38-4)28(34)31(12-8-11-21-9-6-5-7-10-21)17-27-29-23(18-39-27)24(33)19-40(35,36)30(2)13-14-32/h5-7,9-10,15-16,18,32H,8,11-14,17,19H2,1-4H3. The van der Waals surface area contributed by atoms with Crippen LogP contribution in [0.5, 0.6) is 11.5 Å². The minimum atomic E-state index is -3.89. The highest BCUT2D eigenvalue weighted by Crippen LogP contribution is 2.30. The van der Waals surface area contributed by atoms with Crippen molar-refractivity contribution in [1.29, 1.82) is 0 Å². The minimum Gasteiger partial charge on any atom is -0.496 e. The summed E-state index contributed by atoms with van der Waals surface area (Å²) in [6, 6.07) is 13.3. The Bertz CT molecular complexity index is 1380. The number of hydrogen-bond donors (Lipinski definition) is 1. The van der Waals surface area contributed by atoms with E-state index in [-0.39, 0.29) is 31.3 Å². The number of rotatable bonds is 15. The number of aliphatic hydroxyl groups is 1. The average Bonchev–Trinajstić information content (AvgIpc) is 3.41. The molecular weight excluding hydrogens is 554 g/mol. The van der Waals surface area contributed by atoms with E-state index in [1.807, 2.05) is 37.3 Å². The number of benzene rings is 2. The molecule has 0 aliphatic rings. The second-order valence-corrected chi connectivity index (χ2v) is 12.2. The van der Waals surface area contributed by atoms with E-state index in [2.05, 4.69) is 4.98 Å². The third-order valence-corrected chi connectivity index (χ3v) is 8.98. The van der Waals surface area contributed by atoms with E-state index in [9.17, 15) is 18.0 Å². The van der Waals surface area contributed by atoms with Crippen LogP contribution in [0.1, 0.15) is 43.4 Å². The van der Waals surface area contributed by atoms with Gasteiger partial charge in [0.25, 0.3) is 5.91 Å². The van der Waals surface area contributed by atoms with Gasteiger partial charge in [-0.25, -0.2) is 17.7 Å². The highest BCUT2D eigenvalue weighted by molar-refractivity contribution is 7.89. The van der Waals surface area contributed by atoms with Crippen LogP contribution in [-0.4, -0.2) is 86.1 Å². The number of ketones is 1. The Hall–Kier alpha value is -3.32. The molecule has 10 nitrogen and oxygen atoms in total. The van der Waals surface area contributed by atoms with Gasteiger partial charge in [0.2, 0.25) is 10.0 Å². The summed E-state index contributed by atoms with van der Waals surface area (Å²) >= 11 is 1.19. The number of thiazole rings is 1. The zero-order valence-corrected chi connectivity index (χ0v) is 24.8. The number of ether oxygens (including phenoxy) is 2. The number of amides is 1. The lowest BCUT2D eigenvalue weighted by Gasteiger charge is -2.23. The van der Waals surface area contributed by atoms with Gasteiger partial charge in [-0.2, -0.15) is 0 Å². The first-order valence-corrected chi connectivity index (χ1v) is 15.2. The van der Waals surface area contributed by atoms with Crippen molar-refractivity contribution in [3.8, 4) is 11.5 Å². The lowest BCUT2D eigenvalue weighted by atomic mass is 10.1. The van der Waals surface area contributed by atoms with Crippen molar-refractivity contribution in [3.05, 3.63) is 75.2 Å². The molecule has 0 spiro atoms. The van der Waals surface area contributed by atoms with Gasteiger partial charge in [-0.05, 0) is 37.5 Å². The Kier molecular flexibility index (Phi) is 11.2. The molecule has 0 fully saturated rings. The molecule has 0 saturated carbocycles. The lowest BCUT2D eigenvalue weighted by molar-refractivity contribution is 0.0740. The molecule has 1 aromatic heterocycles. The van der Waals surface area contributed by atoms with Crippen LogP contribution in [0.4, 0.5) is 0 Å². The zero-order chi connectivity index (χ0) is 29.3. The van der Waals surface area contributed by atoms with E-state index in [4.69, 9.17) is 14.6 Å². The van der Waals surface area contributed by atoms with E-state index in [1.165, 1.54) is 38.0 Å². The minimum absolute atomic E-state index is 0.0244. The van der Waals surface area contributed by atoms with Crippen LogP contribution in [0.15, 0.2) is 47.8 Å². The first-order chi connectivity index (χ1) is 19.1. The third kappa shape index (κ3) is 8.10. The highest BCUT2D eigenvalue weighted by atomic mass is 32.2. The van der Waals surface area contributed by atoms with E-state index in [1.54, 1.807) is 17.0 Å². The fourth-order valence-corrected chi connectivity index (χ4v) is 5.94. The van der Waals surface area contributed by atoms with Crippen LogP contribution in [-0.2, 0) is 23.0 Å². The normalized spacial score (nSPS) is 11.4. The fraction of sp³-hybridized carbons (Fsp3) is 0.393. The molecule has 1 amide bonds. The van der Waals surface area contributed by atoms with Gasteiger partial charge in [-0.3, -0.25) is 9.59 Å². The number of aryl methyl sites for hydroxylation is 1. The summed E-state index contributed by atoms with van der Waals surface area (Å²) in [6.07, 6.45) is 1.47. The molecule has 0 saturated heterocycles. The lowest BCUT2D eigenvalue weighted by Crippen LogP contribution is -2.34. The van der Waals surface area contributed by atoms with Crippen molar-refractivity contribution in [2.75, 3.05) is 46.7 Å². The number of likely N-dealkylation sites (N-methyl/N-ethyl adjacent to an activating group) is 1. The molecule has 216 valence electrons. The van der Waals surface area contributed by atoms with Gasteiger partial charge in [0.15, 0.2) is 5.78 Å². The zero-order valence-electron chi connectivity index (χ0n) is 23.1. The van der Waals surface area contributed by atoms with Crippen molar-refractivity contribution < 1.29 is 32.6 Å². The number of carbonyl (C=O) groups excluding carboxylic acids is 2. The van der Waals surface area contributed by atoms with Gasteiger partial charge < -0.3 is 19.5 Å². The maximum atomic E-state index is 13.7. The first-order valence-electron chi connectivity index (χ1n) is 12.7. The molecule has 1 heterocycles. The van der Waals surface area contributed by atoms with Gasteiger partial charge >= 0.3 is 0 Å². The highest BCUT2D eigenvalue weighted by Gasteiger charge is 2.25. The van der Waals surface area contributed by atoms with E-state index in [0.717, 1.165) is 21.9 Å². The van der Waals surface area contributed by atoms with E-state index >= 15 is 0 Å². The van der Waals surface area contributed by atoms with Crippen molar-refractivity contribution in [3.63, 3.8) is 0 Å². The Labute approximate surface area is 239 Å². The average molecular weight is 590 g/mol. The Morgan fingerprint density at radius 2 is 1.70 bits per heavy atom. The largest absolute Gasteiger partial charge is 0.496 e. The monoisotopic (exact) mass is 589 g/mol. The predicted octanol–water partition coefficient (Wildman–Crippen LogP) is 3.18. The molecule has 0 aliphatic carbocycles. The smallest absolute Gasteiger partial charge is 0.254 e. The summed E-state index contributed by atoms with van der Waals surface area (Å²) < 4.78 is 36.6. The van der Waals surface area contributed by atoms with Crippen LogP contribution >= 0.6 is 11.3 Å². The summed E-state index contributed by atoms with van der Waals surface area (Å²) in [6.45, 7) is 1.96. The van der Waals surface area contributed by atoms with Crippen LogP contribution in [0.2, 0.25) is 0 Å². The van der Waals surface area contributed by atoms with Crippen molar-refractivity contribution >= 4 is 33.1 Å². The molecule has 0 unspecified atom stereocenters. The quantitative estimate of drug-likeness (QED) is 0.268. The van der Waals surface area contributed by atoms with Crippen molar-refractivity contribution in [2.24, 2.45) is 0 Å². The third-order valence-electron chi connectivity index (χ3n) is 6.39. The Morgan fingerprint density at radius 3 is 2.30 bits per heavy atom. The predicted molar refractivity (Wildman–Crippen MR) is 154 cm³/mol. The molecule has 1 N–H and O–H groups in total. The molecule has 0 atom stereocenters. The van der Waals surface area contributed by atoms with E-state index < -0.39 is 21.6 Å². The van der Waals surface area contributed by atoms with Crippen molar-refractivity contribution in [1.82, 2.24) is 14.2 Å². The van der Waals surface area contributed by atoms with Crippen molar-refractivity contribution in [2.45, 2.75) is 26.3 Å². The molecule has 0 aliphatic heterocycles. The fourth-order valence-electron chi connectivity index (χ4n) is 4.07.